The predicted octanol–water partition coefficient (Wildman–Crippen LogP) is 2.27. The Hall–Kier alpha value is -1.91. The summed E-state index contributed by atoms with van der Waals surface area (Å²) in [6.45, 7) is 1.82. The number of aromatic nitrogens is 1. The van der Waals surface area contributed by atoms with E-state index in [1.165, 1.54) is 0 Å². The number of carbonyl (C=O) groups excluding carboxylic acids is 2. The van der Waals surface area contributed by atoms with Gasteiger partial charge in [0, 0.05) is 12.1 Å². The van der Waals surface area contributed by atoms with Crippen LogP contribution in [0.15, 0.2) is 18.3 Å². The van der Waals surface area contributed by atoms with Gasteiger partial charge in [0.1, 0.15) is 0 Å². The van der Waals surface area contributed by atoms with Crippen molar-refractivity contribution < 1.29 is 19.1 Å². The average molecular weight is 235 g/mol. The summed E-state index contributed by atoms with van der Waals surface area (Å²) in [4.78, 5) is 26.9. The van der Waals surface area contributed by atoms with E-state index >= 15 is 0 Å². The van der Waals surface area contributed by atoms with Gasteiger partial charge in [0.05, 0.1) is 17.9 Å². The molecular formula is C12H13NO4. The van der Waals surface area contributed by atoms with E-state index in [4.69, 9.17) is 0 Å². The lowest BCUT2D eigenvalue weighted by Gasteiger charge is -2.06. The van der Waals surface area contributed by atoms with Gasteiger partial charge in [-0.3, -0.25) is 4.98 Å². The standard InChI is InChI=1S/C12H13NO4/c1-2-16-12(15)17-11(14)9-4-3-7-13-10(9)8-5-6-8/h3-4,7-8H,2,5-6H2,1H3. The first-order chi connectivity index (χ1) is 8.22. The van der Waals surface area contributed by atoms with E-state index in [9.17, 15) is 9.59 Å². The third kappa shape index (κ3) is 2.81. The zero-order valence-electron chi connectivity index (χ0n) is 9.51. The van der Waals surface area contributed by atoms with E-state index in [1.807, 2.05) is 0 Å². The molecule has 0 radical (unpaired) electrons. The number of pyridine rings is 1. The van der Waals surface area contributed by atoms with Gasteiger partial charge in [-0.1, -0.05) is 0 Å². The van der Waals surface area contributed by atoms with Crippen LogP contribution in [-0.4, -0.2) is 23.7 Å². The van der Waals surface area contributed by atoms with E-state index in [-0.39, 0.29) is 6.61 Å². The van der Waals surface area contributed by atoms with Crippen molar-refractivity contribution in [3.05, 3.63) is 29.6 Å². The molecule has 1 aliphatic rings. The molecule has 0 saturated heterocycles. The molecule has 0 bridgehead atoms. The third-order valence-electron chi connectivity index (χ3n) is 2.46. The summed E-state index contributed by atoms with van der Waals surface area (Å²) in [7, 11) is 0. The lowest BCUT2D eigenvalue weighted by Crippen LogP contribution is -2.15. The molecule has 1 aromatic heterocycles. The predicted molar refractivity (Wildman–Crippen MR) is 58.6 cm³/mol. The Morgan fingerprint density at radius 1 is 1.47 bits per heavy atom. The van der Waals surface area contributed by atoms with E-state index < -0.39 is 12.1 Å². The number of hydrogen-bond donors (Lipinski definition) is 0. The minimum atomic E-state index is -0.969. The van der Waals surface area contributed by atoms with Crippen LogP contribution in [0, 0.1) is 0 Å². The van der Waals surface area contributed by atoms with Gasteiger partial charge in [0.2, 0.25) is 0 Å². The highest BCUT2D eigenvalue weighted by Gasteiger charge is 2.30. The molecular weight excluding hydrogens is 222 g/mol. The molecule has 0 atom stereocenters. The molecule has 0 unspecified atom stereocenters. The van der Waals surface area contributed by atoms with Gasteiger partial charge in [-0.05, 0) is 31.9 Å². The van der Waals surface area contributed by atoms with Crippen LogP contribution in [0.5, 0.6) is 0 Å². The number of hydrogen-bond acceptors (Lipinski definition) is 5. The summed E-state index contributed by atoms with van der Waals surface area (Å²) in [5, 5.41) is 0. The summed E-state index contributed by atoms with van der Waals surface area (Å²) in [6.07, 6.45) is 2.71. The van der Waals surface area contributed by atoms with Crippen LogP contribution in [0.1, 0.15) is 41.7 Å². The third-order valence-corrected chi connectivity index (χ3v) is 2.46. The average Bonchev–Trinajstić information content (AvgIpc) is 3.13. The van der Waals surface area contributed by atoms with Gasteiger partial charge in [-0.15, -0.1) is 0 Å². The molecule has 0 N–H and O–H groups in total. The maximum atomic E-state index is 11.7. The summed E-state index contributed by atoms with van der Waals surface area (Å²) in [5.74, 6) is -0.376. The lowest BCUT2D eigenvalue weighted by molar-refractivity contribution is 0.0400. The van der Waals surface area contributed by atoms with Gasteiger partial charge in [-0.25, -0.2) is 9.59 Å². The normalized spacial score (nSPS) is 14.2. The second-order valence-corrected chi connectivity index (χ2v) is 3.78. The second-order valence-electron chi connectivity index (χ2n) is 3.78. The van der Waals surface area contributed by atoms with Gasteiger partial charge < -0.3 is 9.47 Å². The fourth-order valence-electron chi connectivity index (χ4n) is 1.55. The van der Waals surface area contributed by atoms with Crippen molar-refractivity contribution in [3.63, 3.8) is 0 Å². The van der Waals surface area contributed by atoms with Crippen molar-refractivity contribution in [2.75, 3.05) is 6.61 Å². The molecule has 5 heteroatoms. The van der Waals surface area contributed by atoms with E-state index in [0.29, 0.717) is 17.2 Å². The fourth-order valence-corrected chi connectivity index (χ4v) is 1.55. The Kier molecular flexibility index (Phi) is 3.37. The van der Waals surface area contributed by atoms with E-state index in [0.717, 1.165) is 12.8 Å². The molecule has 1 aliphatic carbocycles. The van der Waals surface area contributed by atoms with Gasteiger partial charge in [0.15, 0.2) is 0 Å². The number of ether oxygens (including phenoxy) is 2. The SMILES string of the molecule is CCOC(=O)OC(=O)c1cccnc1C1CC1. The van der Waals surface area contributed by atoms with Crippen molar-refractivity contribution in [2.45, 2.75) is 25.7 Å². The Bertz CT molecular complexity index is 440. The van der Waals surface area contributed by atoms with E-state index in [2.05, 4.69) is 14.5 Å². The van der Waals surface area contributed by atoms with Crippen LogP contribution in [0.4, 0.5) is 4.79 Å². The Labute approximate surface area is 98.7 Å². The first-order valence-corrected chi connectivity index (χ1v) is 5.56. The first-order valence-electron chi connectivity index (χ1n) is 5.56. The largest absolute Gasteiger partial charge is 0.516 e. The van der Waals surface area contributed by atoms with Crippen LogP contribution in [0.3, 0.4) is 0 Å². The van der Waals surface area contributed by atoms with Crippen molar-refractivity contribution in [3.8, 4) is 0 Å². The Morgan fingerprint density at radius 3 is 2.88 bits per heavy atom. The summed E-state index contributed by atoms with van der Waals surface area (Å²) in [6, 6.07) is 3.26. The highest BCUT2D eigenvalue weighted by Crippen LogP contribution is 2.40. The maximum Gasteiger partial charge on any atom is 0.516 e. The topological polar surface area (TPSA) is 65.5 Å². The van der Waals surface area contributed by atoms with Gasteiger partial charge >= 0.3 is 12.1 Å². The minimum absolute atomic E-state index is 0.175. The number of rotatable bonds is 3. The molecule has 1 saturated carbocycles. The van der Waals surface area contributed by atoms with Crippen LogP contribution in [-0.2, 0) is 9.47 Å². The molecule has 1 heterocycles. The summed E-state index contributed by atoms with van der Waals surface area (Å²) in [5.41, 5.74) is 1.06. The monoisotopic (exact) mass is 235 g/mol. The number of esters is 1. The fraction of sp³-hybridized carbons (Fsp3) is 0.417. The molecule has 0 aliphatic heterocycles. The minimum Gasteiger partial charge on any atom is -0.434 e. The highest BCUT2D eigenvalue weighted by molar-refractivity contribution is 5.96. The molecule has 1 aromatic rings. The Balaban J connectivity index is 2.10. The summed E-state index contributed by atoms with van der Waals surface area (Å²) < 4.78 is 9.10. The zero-order chi connectivity index (χ0) is 12.3. The molecule has 17 heavy (non-hydrogen) atoms. The van der Waals surface area contributed by atoms with E-state index in [1.54, 1.807) is 25.3 Å². The number of carbonyl (C=O) groups is 2. The lowest BCUT2D eigenvalue weighted by atomic mass is 10.1. The smallest absolute Gasteiger partial charge is 0.434 e. The molecule has 5 nitrogen and oxygen atoms in total. The van der Waals surface area contributed by atoms with Crippen molar-refractivity contribution in [1.29, 1.82) is 0 Å². The van der Waals surface area contributed by atoms with Crippen molar-refractivity contribution >= 4 is 12.1 Å². The molecule has 2 rings (SSSR count). The molecule has 1 fully saturated rings. The Morgan fingerprint density at radius 2 is 2.24 bits per heavy atom. The molecule has 0 amide bonds. The van der Waals surface area contributed by atoms with Crippen molar-refractivity contribution in [2.24, 2.45) is 0 Å². The quantitative estimate of drug-likeness (QED) is 0.594. The molecule has 0 spiro atoms. The van der Waals surface area contributed by atoms with Gasteiger partial charge in [-0.2, -0.15) is 0 Å². The van der Waals surface area contributed by atoms with Crippen LogP contribution < -0.4 is 0 Å². The van der Waals surface area contributed by atoms with Crippen LogP contribution in [0.2, 0.25) is 0 Å². The maximum absolute atomic E-state index is 11.7. The van der Waals surface area contributed by atoms with Crippen molar-refractivity contribution in [1.82, 2.24) is 4.98 Å². The number of nitrogens with zero attached hydrogens (tertiary/aromatic N) is 1. The summed E-state index contributed by atoms with van der Waals surface area (Å²) >= 11 is 0. The molecule has 0 aromatic carbocycles. The van der Waals surface area contributed by atoms with Crippen LogP contribution >= 0.6 is 0 Å². The van der Waals surface area contributed by atoms with Crippen LogP contribution in [0.25, 0.3) is 0 Å². The second kappa shape index (κ2) is 4.95. The highest BCUT2D eigenvalue weighted by atomic mass is 16.7. The zero-order valence-corrected chi connectivity index (χ0v) is 9.51. The van der Waals surface area contributed by atoms with Gasteiger partial charge in [0.25, 0.3) is 0 Å². The molecule has 90 valence electrons. The first kappa shape index (κ1) is 11.6.